The lowest BCUT2D eigenvalue weighted by atomic mass is 10.1. The van der Waals surface area contributed by atoms with Gasteiger partial charge in [-0.25, -0.2) is 0 Å². The third kappa shape index (κ3) is 4.09. The molecule has 2 aromatic rings. The second-order valence-corrected chi connectivity index (χ2v) is 6.32. The zero-order valence-corrected chi connectivity index (χ0v) is 14.7. The molecular formula is C19H24N4O2. The molecule has 1 aromatic carbocycles. The lowest BCUT2D eigenvalue weighted by Crippen LogP contribution is -2.46. The monoisotopic (exact) mass is 340 g/mol. The summed E-state index contributed by atoms with van der Waals surface area (Å²) >= 11 is 0. The number of aromatic nitrogens is 1. The van der Waals surface area contributed by atoms with Crippen LogP contribution < -0.4 is 15.8 Å². The Bertz CT molecular complexity index is 787. The van der Waals surface area contributed by atoms with E-state index < -0.39 is 0 Å². The lowest BCUT2D eigenvalue weighted by Gasteiger charge is -2.36. The largest absolute Gasteiger partial charge is 0.369 e. The summed E-state index contributed by atoms with van der Waals surface area (Å²) in [6.07, 6.45) is 1.42. The summed E-state index contributed by atoms with van der Waals surface area (Å²) in [6, 6.07) is 8.85. The quantitative estimate of drug-likeness (QED) is 0.894. The van der Waals surface area contributed by atoms with Gasteiger partial charge in [0.15, 0.2) is 0 Å². The lowest BCUT2D eigenvalue weighted by molar-refractivity contribution is 0.102. The highest BCUT2D eigenvalue weighted by molar-refractivity contribution is 6.04. The standard InChI is InChI=1S/C19H24N4O2/c1-3-22-8-10-23(11-9-22)17-6-5-16(12-14(17)2)21-19(25)15-4-7-18(24)20-13-15/h4-7,12-13H,3,8-11H2,1-2H3,(H,20,24)(H,21,25). The van der Waals surface area contributed by atoms with E-state index in [1.807, 2.05) is 12.1 Å². The van der Waals surface area contributed by atoms with Crippen LogP contribution in [0.15, 0.2) is 41.3 Å². The Morgan fingerprint density at radius 1 is 1.16 bits per heavy atom. The van der Waals surface area contributed by atoms with Crippen molar-refractivity contribution >= 4 is 17.3 Å². The molecule has 1 aromatic heterocycles. The summed E-state index contributed by atoms with van der Waals surface area (Å²) < 4.78 is 0. The highest BCUT2D eigenvalue weighted by Gasteiger charge is 2.17. The van der Waals surface area contributed by atoms with Gasteiger partial charge in [0.1, 0.15) is 0 Å². The van der Waals surface area contributed by atoms with Crippen molar-refractivity contribution in [3.05, 3.63) is 58.0 Å². The molecule has 25 heavy (non-hydrogen) atoms. The van der Waals surface area contributed by atoms with E-state index in [1.165, 1.54) is 24.0 Å². The van der Waals surface area contributed by atoms with Crippen molar-refractivity contribution in [1.29, 1.82) is 0 Å². The smallest absolute Gasteiger partial charge is 0.257 e. The van der Waals surface area contributed by atoms with Crippen LogP contribution >= 0.6 is 0 Å². The number of hydrogen-bond acceptors (Lipinski definition) is 4. The summed E-state index contributed by atoms with van der Waals surface area (Å²) in [5, 5.41) is 2.88. The summed E-state index contributed by atoms with van der Waals surface area (Å²) in [5.41, 5.74) is 3.32. The second kappa shape index (κ2) is 7.53. The molecule has 132 valence electrons. The number of carbonyl (C=O) groups is 1. The summed E-state index contributed by atoms with van der Waals surface area (Å²) in [4.78, 5) is 30.7. The first-order valence-corrected chi connectivity index (χ1v) is 8.65. The number of hydrogen-bond donors (Lipinski definition) is 2. The van der Waals surface area contributed by atoms with Gasteiger partial charge >= 0.3 is 0 Å². The maximum absolute atomic E-state index is 12.2. The minimum atomic E-state index is -0.236. The van der Waals surface area contributed by atoms with Crippen molar-refractivity contribution in [3.63, 3.8) is 0 Å². The number of anilines is 2. The molecule has 1 fully saturated rings. The predicted molar refractivity (Wildman–Crippen MR) is 101 cm³/mol. The molecule has 0 bridgehead atoms. The molecule has 1 saturated heterocycles. The van der Waals surface area contributed by atoms with Gasteiger partial charge in [-0.1, -0.05) is 6.92 Å². The number of aromatic amines is 1. The number of pyridine rings is 1. The van der Waals surface area contributed by atoms with Gasteiger partial charge in [0.2, 0.25) is 5.56 Å². The van der Waals surface area contributed by atoms with E-state index in [9.17, 15) is 9.59 Å². The summed E-state index contributed by atoms with van der Waals surface area (Å²) in [7, 11) is 0. The number of H-pyrrole nitrogens is 1. The first-order chi connectivity index (χ1) is 12.1. The first-order valence-electron chi connectivity index (χ1n) is 8.65. The molecule has 6 nitrogen and oxygen atoms in total. The SMILES string of the molecule is CCN1CCN(c2ccc(NC(=O)c3ccc(=O)[nH]c3)cc2C)CC1. The number of aryl methyl sites for hydroxylation is 1. The second-order valence-electron chi connectivity index (χ2n) is 6.32. The van der Waals surface area contributed by atoms with Gasteiger partial charge in [-0.2, -0.15) is 0 Å². The van der Waals surface area contributed by atoms with Crippen LogP contribution in [0, 0.1) is 6.92 Å². The highest BCUT2D eigenvalue weighted by Crippen LogP contribution is 2.25. The summed E-state index contributed by atoms with van der Waals surface area (Å²) in [6.45, 7) is 9.58. The van der Waals surface area contributed by atoms with Gasteiger partial charge in [0, 0.05) is 49.8 Å². The Balaban J connectivity index is 1.68. The van der Waals surface area contributed by atoms with Crippen molar-refractivity contribution in [2.75, 3.05) is 42.9 Å². The fourth-order valence-electron chi connectivity index (χ4n) is 3.15. The van der Waals surface area contributed by atoms with Crippen LogP contribution in [-0.4, -0.2) is 48.5 Å². The van der Waals surface area contributed by atoms with E-state index in [0.29, 0.717) is 5.56 Å². The Kier molecular flexibility index (Phi) is 5.19. The normalized spacial score (nSPS) is 15.2. The Hall–Kier alpha value is -2.60. The van der Waals surface area contributed by atoms with Crippen LogP contribution in [0.25, 0.3) is 0 Å². The molecule has 0 unspecified atom stereocenters. The van der Waals surface area contributed by atoms with Crippen LogP contribution in [0.5, 0.6) is 0 Å². The van der Waals surface area contributed by atoms with Crippen LogP contribution in [0.2, 0.25) is 0 Å². The van der Waals surface area contributed by atoms with Crippen LogP contribution in [-0.2, 0) is 0 Å². The molecule has 0 spiro atoms. The van der Waals surface area contributed by atoms with Gasteiger partial charge in [0.05, 0.1) is 5.56 Å². The average Bonchev–Trinajstić information content (AvgIpc) is 2.62. The first kappa shape index (κ1) is 17.2. The number of likely N-dealkylation sites (N-methyl/N-ethyl adjacent to an activating group) is 1. The van der Waals surface area contributed by atoms with Gasteiger partial charge in [-0.15, -0.1) is 0 Å². The molecule has 0 radical (unpaired) electrons. The summed E-state index contributed by atoms with van der Waals surface area (Å²) in [5.74, 6) is -0.236. The van der Waals surface area contributed by atoms with Crippen molar-refractivity contribution in [1.82, 2.24) is 9.88 Å². The van der Waals surface area contributed by atoms with E-state index in [1.54, 1.807) is 0 Å². The fraction of sp³-hybridized carbons (Fsp3) is 0.368. The highest BCUT2D eigenvalue weighted by atomic mass is 16.1. The minimum Gasteiger partial charge on any atom is -0.369 e. The zero-order chi connectivity index (χ0) is 17.8. The van der Waals surface area contributed by atoms with Crippen molar-refractivity contribution < 1.29 is 4.79 Å². The van der Waals surface area contributed by atoms with Crippen molar-refractivity contribution in [3.8, 4) is 0 Å². The topological polar surface area (TPSA) is 68.4 Å². The molecule has 2 heterocycles. The average molecular weight is 340 g/mol. The molecular weight excluding hydrogens is 316 g/mol. The van der Waals surface area contributed by atoms with E-state index in [-0.39, 0.29) is 11.5 Å². The van der Waals surface area contributed by atoms with Crippen molar-refractivity contribution in [2.45, 2.75) is 13.8 Å². The number of piperazine rings is 1. The third-order valence-electron chi connectivity index (χ3n) is 4.66. The molecule has 2 N–H and O–H groups in total. The Labute approximate surface area is 147 Å². The van der Waals surface area contributed by atoms with E-state index in [2.05, 4.69) is 40.0 Å². The molecule has 6 heteroatoms. The molecule has 0 atom stereocenters. The fourth-order valence-corrected chi connectivity index (χ4v) is 3.15. The zero-order valence-electron chi connectivity index (χ0n) is 14.7. The Morgan fingerprint density at radius 3 is 2.52 bits per heavy atom. The third-order valence-corrected chi connectivity index (χ3v) is 4.66. The predicted octanol–water partition coefficient (Wildman–Crippen LogP) is 2.08. The molecule has 1 aliphatic rings. The van der Waals surface area contributed by atoms with Crippen LogP contribution in [0.4, 0.5) is 11.4 Å². The maximum Gasteiger partial charge on any atom is 0.257 e. The van der Waals surface area contributed by atoms with Gasteiger partial charge in [-0.3, -0.25) is 9.59 Å². The molecule has 1 aliphatic heterocycles. The Morgan fingerprint density at radius 2 is 1.92 bits per heavy atom. The number of rotatable bonds is 4. The number of nitrogens with zero attached hydrogens (tertiary/aromatic N) is 2. The number of carbonyl (C=O) groups excluding carboxylic acids is 1. The van der Waals surface area contributed by atoms with Gasteiger partial charge in [0.25, 0.3) is 5.91 Å². The van der Waals surface area contributed by atoms with Crippen LogP contribution in [0.3, 0.4) is 0 Å². The van der Waals surface area contributed by atoms with E-state index in [4.69, 9.17) is 0 Å². The van der Waals surface area contributed by atoms with Gasteiger partial charge in [-0.05, 0) is 43.3 Å². The molecule has 1 amide bonds. The number of nitrogens with one attached hydrogen (secondary N) is 2. The maximum atomic E-state index is 12.2. The molecule has 0 aliphatic carbocycles. The van der Waals surface area contributed by atoms with Gasteiger partial charge < -0.3 is 20.1 Å². The van der Waals surface area contributed by atoms with E-state index >= 15 is 0 Å². The van der Waals surface area contributed by atoms with E-state index in [0.717, 1.165) is 44.0 Å². The number of benzene rings is 1. The van der Waals surface area contributed by atoms with Crippen LogP contribution in [0.1, 0.15) is 22.8 Å². The molecule has 3 rings (SSSR count). The number of amides is 1. The molecule has 0 saturated carbocycles. The minimum absolute atomic E-state index is 0.222. The van der Waals surface area contributed by atoms with Crippen molar-refractivity contribution in [2.24, 2.45) is 0 Å².